The van der Waals surface area contributed by atoms with Crippen LogP contribution in [0.4, 0.5) is 0 Å². The molecule has 32 heavy (non-hydrogen) atoms. The van der Waals surface area contributed by atoms with Crippen LogP contribution in [0.5, 0.6) is 11.5 Å². The lowest BCUT2D eigenvalue weighted by Gasteiger charge is -2.13. The lowest BCUT2D eigenvalue weighted by atomic mass is 10.0. The van der Waals surface area contributed by atoms with Crippen LogP contribution in [0, 0.1) is 0 Å². The molecule has 0 aliphatic heterocycles. The van der Waals surface area contributed by atoms with Gasteiger partial charge in [-0.05, 0) is 41.8 Å². The van der Waals surface area contributed by atoms with Crippen molar-refractivity contribution in [1.82, 2.24) is 19.7 Å². The molecule has 0 spiro atoms. The topological polar surface area (TPSA) is 130 Å². The van der Waals surface area contributed by atoms with Crippen LogP contribution >= 0.6 is 23.2 Å². The van der Waals surface area contributed by atoms with Gasteiger partial charge in [0.05, 0.1) is 15.7 Å². The number of aromatic carboxylic acids is 1. The third-order valence-corrected chi connectivity index (χ3v) is 5.35. The van der Waals surface area contributed by atoms with Gasteiger partial charge in [0.15, 0.2) is 5.75 Å². The number of carboxylic acid groups (broad SMARTS) is 1. The van der Waals surface area contributed by atoms with Crippen LogP contribution in [0.2, 0.25) is 10.0 Å². The number of rotatable bonds is 5. The van der Waals surface area contributed by atoms with E-state index in [9.17, 15) is 14.4 Å². The van der Waals surface area contributed by atoms with Crippen molar-refractivity contribution >= 4 is 40.1 Å². The van der Waals surface area contributed by atoms with Crippen molar-refractivity contribution in [3.05, 3.63) is 78.7 Å². The lowest BCUT2D eigenvalue weighted by molar-refractivity contribution is 0.0685. The second-order valence-electron chi connectivity index (χ2n) is 7.27. The number of aromatic nitrogens is 4. The summed E-state index contributed by atoms with van der Waals surface area (Å²) in [6.45, 7) is 4.18. The molecule has 0 saturated carbocycles. The second-order valence-corrected chi connectivity index (χ2v) is 8.09. The number of nitrogens with one attached hydrogen (secondary N) is 2. The predicted molar refractivity (Wildman–Crippen MR) is 120 cm³/mol. The molecule has 0 bridgehead atoms. The SMILES string of the molecule is CC(C)c1c[nH]c2ccc(Oc3c(Cl)cc(-n4nc(C(=O)O)c(=O)[nH]c4=O)cc3Cl)cc12. The third kappa shape index (κ3) is 3.88. The smallest absolute Gasteiger partial charge is 0.362 e. The third-order valence-electron chi connectivity index (χ3n) is 4.79. The van der Waals surface area contributed by atoms with Crippen molar-refractivity contribution in [2.45, 2.75) is 19.8 Å². The van der Waals surface area contributed by atoms with E-state index >= 15 is 0 Å². The van der Waals surface area contributed by atoms with Gasteiger partial charge in [-0.2, -0.15) is 9.78 Å². The summed E-state index contributed by atoms with van der Waals surface area (Å²) < 4.78 is 6.60. The summed E-state index contributed by atoms with van der Waals surface area (Å²) >= 11 is 12.7. The summed E-state index contributed by atoms with van der Waals surface area (Å²) in [5.74, 6) is -0.626. The van der Waals surface area contributed by atoms with Crippen LogP contribution in [-0.2, 0) is 0 Å². The van der Waals surface area contributed by atoms with Crippen LogP contribution in [0.15, 0.2) is 46.1 Å². The average molecular weight is 475 g/mol. The zero-order valence-corrected chi connectivity index (χ0v) is 18.3. The lowest BCUT2D eigenvalue weighted by Crippen LogP contribution is -2.35. The van der Waals surface area contributed by atoms with Gasteiger partial charge in [0.2, 0.25) is 5.69 Å². The minimum Gasteiger partial charge on any atom is -0.476 e. The highest BCUT2D eigenvalue weighted by atomic mass is 35.5. The number of benzene rings is 2. The van der Waals surface area contributed by atoms with E-state index in [2.05, 4.69) is 23.9 Å². The number of ether oxygens (including phenoxy) is 1. The molecule has 0 aliphatic carbocycles. The van der Waals surface area contributed by atoms with Crippen molar-refractivity contribution < 1.29 is 14.6 Å². The zero-order chi connectivity index (χ0) is 23.2. The molecule has 11 heteroatoms. The molecule has 2 aromatic heterocycles. The second kappa shape index (κ2) is 8.18. The molecule has 0 atom stereocenters. The molecule has 3 N–H and O–H groups in total. The normalized spacial score (nSPS) is 11.3. The Labute approximate surface area is 190 Å². The molecule has 0 unspecified atom stereocenters. The number of fused-ring (bicyclic) bond motifs is 1. The van der Waals surface area contributed by atoms with Gasteiger partial charge in [-0.1, -0.05) is 37.0 Å². The molecule has 2 heterocycles. The van der Waals surface area contributed by atoms with E-state index in [0.29, 0.717) is 16.3 Å². The molecule has 0 amide bonds. The Kier molecular flexibility index (Phi) is 5.53. The van der Waals surface area contributed by atoms with Crippen LogP contribution in [-0.4, -0.2) is 30.8 Å². The van der Waals surface area contributed by atoms with Crippen molar-refractivity contribution in [2.24, 2.45) is 0 Å². The van der Waals surface area contributed by atoms with E-state index in [0.717, 1.165) is 16.5 Å². The van der Waals surface area contributed by atoms with Crippen molar-refractivity contribution in [3.63, 3.8) is 0 Å². The summed E-state index contributed by atoms with van der Waals surface area (Å²) in [6.07, 6.45) is 1.95. The first kappa shape index (κ1) is 21.7. The number of aromatic amines is 2. The number of nitrogens with zero attached hydrogens (tertiary/aromatic N) is 2. The first-order valence-electron chi connectivity index (χ1n) is 9.41. The number of hydrogen-bond acceptors (Lipinski definition) is 5. The van der Waals surface area contributed by atoms with E-state index in [1.807, 2.05) is 23.3 Å². The quantitative estimate of drug-likeness (QED) is 0.394. The van der Waals surface area contributed by atoms with Gasteiger partial charge < -0.3 is 14.8 Å². The van der Waals surface area contributed by atoms with E-state index in [-0.39, 0.29) is 21.5 Å². The maximum atomic E-state index is 12.1. The van der Waals surface area contributed by atoms with Gasteiger partial charge in [0, 0.05) is 17.1 Å². The summed E-state index contributed by atoms with van der Waals surface area (Å²) in [5, 5.41) is 13.8. The Balaban J connectivity index is 1.75. The maximum Gasteiger partial charge on any atom is 0.362 e. The standard InChI is InChI=1S/C21H16Cl2N4O5/c1-9(2)13-8-24-16-4-3-11(7-12(13)16)32-18-14(22)5-10(6-15(18)23)27-21(31)25-19(28)17(26-27)20(29)30/h3-9,24H,1-2H3,(H,29,30)(H,25,28,31). The summed E-state index contributed by atoms with van der Waals surface area (Å²) in [4.78, 5) is 40.0. The summed E-state index contributed by atoms with van der Waals surface area (Å²) in [7, 11) is 0. The van der Waals surface area contributed by atoms with Crippen molar-refractivity contribution in [1.29, 1.82) is 0 Å². The fourth-order valence-electron chi connectivity index (χ4n) is 3.26. The first-order chi connectivity index (χ1) is 15.2. The maximum absolute atomic E-state index is 12.1. The van der Waals surface area contributed by atoms with Gasteiger partial charge in [0.25, 0.3) is 5.56 Å². The Morgan fingerprint density at radius 2 is 1.84 bits per heavy atom. The molecule has 0 saturated heterocycles. The molecule has 4 aromatic rings. The first-order valence-corrected chi connectivity index (χ1v) is 10.2. The number of hydrogen-bond donors (Lipinski definition) is 3. The highest BCUT2D eigenvalue weighted by molar-refractivity contribution is 6.37. The van der Waals surface area contributed by atoms with Gasteiger partial charge in [0.1, 0.15) is 5.75 Å². The van der Waals surface area contributed by atoms with E-state index in [4.69, 9.17) is 33.0 Å². The van der Waals surface area contributed by atoms with Gasteiger partial charge >= 0.3 is 11.7 Å². The Hall–Kier alpha value is -3.56. The van der Waals surface area contributed by atoms with E-state index in [1.54, 1.807) is 6.07 Å². The zero-order valence-electron chi connectivity index (χ0n) is 16.8. The summed E-state index contributed by atoms with van der Waals surface area (Å²) in [6, 6.07) is 8.17. The fraction of sp³-hybridized carbons (Fsp3) is 0.143. The molecular formula is C21H16Cl2N4O5. The van der Waals surface area contributed by atoms with E-state index in [1.165, 1.54) is 12.1 Å². The van der Waals surface area contributed by atoms with Gasteiger partial charge in [-0.3, -0.25) is 9.78 Å². The number of carboxylic acids is 1. The number of H-pyrrole nitrogens is 2. The molecule has 2 aromatic carbocycles. The van der Waals surface area contributed by atoms with E-state index < -0.39 is 22.9 Å². The van der Waals surface area contributed by atoms with Gasteiger partial charge in [-0.15, -0.1) is 0 Å². The Morgan fingerprint density at radius 1 is 1.16 bits per heavy atom. The predicted octanol–water partition coefficient (Wildman–Crippen LogP) is 4.32. The van der Waals surface area contributed by atoms with Crippen LogP contribution < -0.4 is 16.0 Å². The minimum absolute atomic E-state index is 0.0549. The molecule has 164 valence electrons. The average Bonchev–Trinajstić information content (AvgIpc) is 3.14. The molecule has 0 aliphatic rings. The van der Waals surface area contributed by atoms with Crippen LogP contribution in [0.1, 0.15) is 35.8 Å². The highest BCUT2D eigenvalue weighted by Gasteiger charge is 2.18. The highest BCUT2D eigenvalue weighted by Crippen LogP contribution is 2.39. The Morgan fingerprint density at radius 3 is 2.47 bits per heavy atom. The fourth-order valence-corrected chi connectivity index (χ4v) is 3.81. The molecule has 4 rings (SSSR count). The van der Waals surface area contributed by atoms with Crippen molar-refractivity contribution in [2.75, 3.05) is 0 Å². The monoisotopic (exact) mass is 474 g/mol. The minimum atomic E-state index is -1.59. The van der Waals surface area contributed by atoms with Crippen LogP contribution in [0.25, 0.3) is 16.6 Å². The largest absolute Gasteiger partial charge is 0.476 e. The molecule has 0 fully saturated rings. The van der Waals surface area contributed by atoms with Gasteiger partial charge in [-0.25, -0.2) is 9.59 Å². The summed E-state index contributed by atoms with van der Waals surface area (Å²) in [5.41, 5.74) is -0.754. The van der Waals surface area contributed by atoms with Crippen molar-refractivity contribution in [3.8, 4) is 17.2 Å². The molecular weight excluding hydrogens is 459 g/mol. The number of halogens is 2. The number of carbonyl (C=O) groups is 1. The van der Waals surface area contributed by atoms with Crippen LogP contribution in [0.3, 0.4) is 0 Å². The Bertz CT molecular complexity index is 1460. The molecule has 0 radical (unpaired) electrons. The molecule has 9 nitrogen and oxygen atoms in total.